The normalized spacial score (nSPS) is 12.7. The fourth-order valence-corrected chi connectivity index (χ4v) is 1.01. The van der Waals surface area contributed by atoms with Crippen LogP contribution in [0.25, 0.3) is 0 Å². The predicted octanol–water partition coefficient (Wildman–Crippen LogP) is 0.0725. The van der Waals surface area contributed by atoms with E-state index in [-0.39, 0.29) is 12.1 Å². The minimum atomic E-state index is -0.837. The third kappa shape index (κ3) is 7.53. The zero-order valence-corrected chi connectivity index (χ0v) is 8.53. The maximum atomic E-state index is 10.9. The van der Waals surface area contributed by atoms with Crippen LogP contribution >= 0.6 is 0 Å². The van der Waals surface area contributed by atoms with E-state index in [1.165, 1.54) is 0 Å². The van der Waals surface area contributed by atoms with Gasteiger partial charge in [0.05, 0.1) is 0 Å². The van der Waals surface area contributed by atoms with Crippen LogP contribution in [-0.2, 0) is 10.8 Å². The molecule has 1 unspecified atom stereocenters. The van der Waals surface area contributed by atoms with E-state index in [1.54, 1.807) is 6.26 Å². The molecular weight excluding hydrogens is 176 g/mol. The highest BCUT2D eigenvalue weighted by Gasteiger charge is 2.00. The van der Waals surface area contributed by atoms with E-state index in [0.717, 1.165) is 0 Å². The molecule has 0 rings (SSSR count). The number of carbonyl (C=O) groups excluding carboxylic acids is 1. The SMILES string of the molecule is CC(C)NC(=O)NCCS(C)=O. The Morgan fingerprint density at radius 1 is 1.50 bits per heavy atom. The van der Waals surface area contributed by atoms with Gasteiger partial charge in [0.15, 0.2) is 0 Å². The lowest BCUT2D eigenvalue weighted by Gasteiger charge is -2.08. The molecule has 0 aromatic carbocycles. The van der Waals surface area contributed by atoms with Gasteiger partial charge in [-0.2, -0.15) is 0 Å². The van der Waals surface area contributed by atoms with Crippen molar-refractivity contribution >= 4 is 16.8 Å². The molecule has 0 aromatic rings. The van der Waals surface area contributed by atoms with E-state index in [0.29, 0.717) is 12.3 Å². The van der Waals surface area contributed by atoms with Gasteiger partial charge in [0.2, 0.25) is 0 Å². The molecule has 0 aliphatic rings. The minimum Gasteiger partial charge on any atom is -0.337 e. The van der Waals surface area contributed by atoms with E-state index in [9.17, 15) is 9.00 Å². The summed E-state index contributed by atoms with van der Waals surface area (Å²) in [4.78, 5) is 10.9. The molecule has 0 aromatic heterocycles. The molecule has 0 saturated heterocycles. The summed E-state index contributed by atoms with van der Waals surface area (Å²) < 4.78 is 10.6. The first-order valence-electron chi connectivity index (χ1n) is 3.86. The summed E-state index contributed by atoms with van der Waals surface area (Å²) >= 11 is 0. The van der Waals surface area contributed by atoms with Gasteiger partial charge in [-0.05, 0) is 13.8 Å². The molecule has 72 valence electrons. The van der Waals surface area contributed by atoms with Crippen LogP contribution in [0.2, 0.25) is 0 Å². The zero-order valence-electron chi connectivity index (χ0n) is 7.72. The number of hydrogen-bond acceptors (Lipinski definition) is 2. The Balaban J connectivity index is 3.38. The molecule has 2 amide bonds. The Morgan fingerprint density at radius 3 is 2.50 bits per heavy atom. The Bertz CT molecular complexity index is 171. The molecule has 0 aliphatic heterocycles. The molecule has 0 radical (unpaired) electrons. The van der Waals surface area contributed by atoms with Crippen molar-refractivity contribution in [3.63, 3.8) is 0 Å². The highest BCUT2D eigenvalue weighted by atomic mass is 32.2. The molecule has 0 spiro atoms. The second-order valence-electron chi connectivity index (χ2n) is 2.83. The van der Waals surface area contributed by atoms with Gasteiger partial charge >= 0.3 is 6.03 Å². The zero-order chi connectivity index (χ0) is 9.56. The fourth-order valence-electron chi connectivity index (χ4n) is 0.622. The van der Waals surface area contributed by atoms with Crippen LogP contribution in [0.1, 0.15) is 13.8 Å². The van der Waals surface area contributed by atoms with E-state index >= 15 is 0 Å². The second kappa shape index (κ2) is 5.99. The van der Waals surface area contributed by atoms with Gasteiger partial charge in [-0.25, -0.2) is 4.79 Å². The van der Waals surface area contributed by atoms with Crippen molar-refractivity contribution in [2.24, 2.45) is 0 Å². The van der Waals surface area contributed by atoms with Crippen molar-refractivity contribution in [3.8, 4) is 0 Å². The fraction of sp³-hybridized carbons (Fsp3) is 0.857. The average Bonchev–Trinajstić information content (AvgIpc) is 1.84. The summed E-state index contributed by atoms with van der Waals surface area (Å²) in [6.07, 6.45) is 1.61. The van der Waals surface area contributed by atoms with Crippen LogP contribution in [0, 0.1) is 0 Å². The number of carbonyl (C=O) groups is 1. The number of amides is 2. The summed E-state index contributed by atoms with van der Waals surface area (Å²) in [6.45, 7) is 4.23. The van der Waals surface area contributed by atoms with Gasteiger partial charge < -0.3 is 10.6 Å². The number of nitrogens with one attached hydrogen (secondary N) is 2. The molecule has 0 aliphatic carbocycles. The van der Waals surface area contributed by atoms with E-state index in [2.05, 4.69) is 10.6 Å². The largest absolute Gasteiger partial charge is 0.337 e. The van der Waals surface area contributed by atoms with Crippen molar-refractivity contribution < 1.29 is 9.00 Å². The van der Waals surface area contributed by atoms with Crippen molar-refractivity contribution in [2.75, 3.05) is 18.6 Å². The summed E-state index contributed by atoms with van der Waals surface area (Å²) in [5, 5.41) is 5.27. The Labute approximate surface area is 75.6 Å². The van der Waals surface area contributed by atoms with E-state index < -0.39 is 10.8 Å². The molecule has 1 atom stereocenters. The van der Waals surface area contributed by atoms with Crippen molar-refractivity contribution in [1.82, 2.24) is 10.6 Å². The topological polar surface area (TPSA) is 58.2 Å². The first kappa shape index (κ1) is 11.4. The van der Waals surface area contributed by atoms with Crippen LogP contribution in [0.15, 0.2) is 0 Å². The Hall–Kier alpha value is -0.580. The van der Waals surface area contributed by atoms with E-state index in [4.69, 9.17) is 0 Å². The summed E-state index contributed by atoms with van der Waals surface area (Å²) in [5.41, 5.74) is 0. The molecule has 0 saturated carbocycles. The molecule has 4 nitrogen and oxygen atoms in total. The Morgan fingerprint density at radius 2 is 2.08 bits per heavy atom. The smallest absolute Gasteiger partial charge is 0.315 e. The van der Waals surface area contributed by atoms with Gasteiger partial charge in [0.1, 0.15) is 0 Å². The number of urea groups is 1. The van der Waals surface area contributed by atoms with Crippen molar-refractivity contribution in [1.29, 1.82) is 0 Å². The van der Waals surface area contributed by atoms with Crippen LogP contribution in [0.5, 0.6) is 0 Å². The van der Waals surface area contributed by atoms with Crippen LogP contribution < -0.4 is 10.6 Å². The van der Waals surface area contributed by atoms with Crippen molar-refractivity contribution in [2.45, 2.75) is 19.9 Å². The first-order chi connectivity index (χ1) is 5.52. The molecule has 0 heterocycles. The monoisotopic (exact) mass is 192 g/mol. The van der Waals surface area contributed by atoms with Gasteiger partial charge in [0, 0.05) is 35.4 Å². The molecule has 0 bridgehead atoms. The number of hydrogen-bond donors (Lipinski definition) is 2. The predicted molar refractivity (Wildman–Crippen MR) is 50.6 cm³/mol. The summed E-state index contributed by atoms with van der Waals surface area (Å²) in [7, 11) is -0.837. The summed E-state index contributed by atoms with van der Waals surface area (Å²) in [5.74, 6) is 0.505. The standard InChI is InChI=1S/C7H16N2O2S/c1-6(2)9-7(10)8-4-5-12(3)11/h6H,4-5H2,1-3H3,(H2,8,9,10). The second-order valence-corrected chi connectivity index (χ2v) is 4.39. The molecule has 5 heteroatoms. The van der Waals surface area contributed by atoms with Crippen LogP contribution in [-0.4, -0.2) is 34.8 Å². The lowest BCUT2D eigenvalue weighted by Crippen LogP contribution is -2.40. The molecule has 2 N–H and O–H groups in total. The van der Waals surface area contributed by atoms with Gasteiger partial charge in [-0.3, -0.25) is 4.21 Å². The number of rotatable bonds is 4. The molecule has 0 fully saturated rings. The highest BCUT2D eigenvalue weighted by molar-refractivity contribution is 7.84. The minimum absolute atomic E-state index is 0.136. The lowest BCUT2D eigenvalue weighted by molar-refractivity contribution is 0.239. The van der Waals surface area contributed by atoms with Gasteiger partial charge in [-0.1, -0.05) is 0 Å². The molecule has 12 heavy (non-hydrogen) atoms. The third-order valence-corrected chi connectivity index (χ3v) is 1.87. The molecular formula is C7H16N2O2S. The highest BCUT2D eigenvalue weighted by Crippen LogP contribution is 1.76. The summed E-state index contributed by atoms with van der Waals surface area (Å²) in [6, 6.07) is -0.0624. The first-order valence-corrected chi connectivity index (χ1v) is 5.59. The Kier molecular flexibility index (Phi) is 5.70. The van der Waals surface area contributed by atoms with Crippen molar-refractivity contribution in [3.05, 3.63) is 0 Å². The van der Waals surface area contributed by atoms with E-state index in [1.807, 2.05) is 13.8 Å². The van der Waals surface area contributed by atoms with Crippen LogP contribution in [0.4, 0.5) is 4.79 Å². The average molecular weight is 192 g/mol. The van der Waals surface area contributed by atoms with Gasteiger partial charge in [-0.15, -0.1) is 0 Å². The third-order valence-electron chi connectivity index (χ3n) is 1.09. The lowest BCUT2D eigenvalue weighted by atomic mass is 10.4. The van der Waals surface area contributed by atoms with Crippen LogP contribution in [0.3, 0.4) is 0 Å². The maximum Gasteiger partial charge on any atom is 0.315 e. The van der Waals surface area contributed by atoms with Gasteiger partial charge in [0.25, 0.3) is 0 Å². The quantitative estimate of drug-likeness (QED) is 0.662. The maximum absolute atomic E-state index is 10.9.